The van der Waals surface area contributed by atoms with Gasteiger partial charge in [-0.1, -0.05) is 122 Å². The highest BCUT2D eigenvalue weighted by Crippen LogP contribution is 2.45. The number of fused-ring (bicyclic) bond motifs is 4. The fourth-order valence-corrected chi connectivity index (χ4v) is 7.28. The second-order valence-electron chi connectivity index (χ2n) is 12.2. The molecular weight excluding hydrogens is 536 g/mol. The summed E-state index contributed by atoms with van der Waals surface area (Å²) in [5.41, 5.74) is 9.96. The van der Waals surface area contributed by atoms with Crippen molar-refractivity contribution in [2.45, 2.75) is 51.1 Å². The highest BCUT2D eigenvalue weighted by Gasteiger charge is 2.33. The number of para-hydroxylation sites is 2. The van der Waals surface area contributed by atoms with Crippen LogP contribution in [0, 0.1) is 0 Å². The Morgan fingerprint density at radius 3 is 2.34 bits per heavy atom. The zero-order valence-corrected chi connectivity index (χ0v) is 25.0. The molecule has 3 nitrogen and oxygen atoms in total. The largest absolute Gasteiger partial charge is 0.398 e. The third-order valence-corrected chi connectivity index (χ3v) is 9.41. The smallest absolute Gasteiger partial charge is 0.374 e. The van der Waals surface area contributed by atoms with Gasteiger partial charge >= 0.3 is 5.89 Å². The standard InChI is InChI=1S/C41H37N2O/c1-3-13-30(14-4-1)25-26-42-38-21-11-12-22-39(38)44-40(42)29-34(31-15-5-2-6-16-31)28-36-27-33-24-23-32-17-7-10-20-37(32)41(33)43(36)35-18-8-9-19-35/h1-7,10-17,20-24,28-29,35H,8-9,18-19,25-27H2/q+1. The minimum Gasteiger partial charge on any atom is -0.398 e. The van der Waals surface area contributed by atoms with Crippen molar-refractivity contribution in [2.24, 2.45) is 0 Å². The Morgan fingerprint density at radius 2 is 1.50 bits per heavy atom. The predicted octanol–water partition coefficient (Wildman–Crippen LogP) is 9.55. The van der Waals surface area contributed by atoms with E-state index in [1.54, 1.807) is 0 Å². The first-order valence-corrected chi connectivity index (χ1v) is 16.0. The summed E-state index contributed by atoms with van der Waals surface area (Å²) in [7, 11) is 0. The third kappa shape index (κ3) is 5.03. The molecule has 0 bridgehead atoms. The summed E-state index contributed by atoms with van der Waals surface area (Å²) >= 11 is 0. The average Bonchev–Trinajstić information content (AvgIpc) is 3.82. The summed E-state index contributed by atoms with van der Waals surface area (Å²) in [6.45, 7) is 0.844. The van der Waals surface area contributed by atoms with E-state index in [1.807, 2.05) is 0 Å². The fraction of sp³-hybridized carbons (Fsp3) is 0.195. The number of hydrogen-bond donors (Lipinski definition) is 0. The van der Waals surface area contributed by atoms with Crippen LogP contribution in [0.1, 0.15) is 48.3 Å². The lowest BCUT2D eigenvalue weighted by Gasteiger charge is -2.30. The van der Waals surface area contributed by atoms with Gasteiger partial charge in [-0.2, -0.15) is 4.57 Å². The van der Waals surface area contributed by atoms with Crippen LogP contribution < -0.4 is 9.47 Å². The Balaban J connectivity index is 1.27. The van der Waals surface area contributed by atoms with Crippen LogP contribution in [-0.2, 0) is 19.4 Å². The molecule has 0 atom stereocenters. The van der Waals surface area contributed by atoms with Crippen molar-refractivity contribution in [3.8, 4) is 0 Å². The average molecular weight is 574 g/mol. The van der Waals surface area contributed by atoms with Gasteiger partial charge in [0, 0.05) is 36.0 Å². The predicted molar refractivity (Wildman–Crippen MR) is 181 cm³/mol. The minimum absolute atomic E-state index is 0.535. The van der Waals surface area contributed by atoms with Crippen molar-refractivity contribution in [1.29, 1.82) is 0 Å². The van der Waals surface area contributed by atoms with Gasteiger partial charge in [0.15, 0.2) is 6.54 Å². The van der Waals surface area contributed by atoms with Gasteiger partial charge in [0.05, 0.1) is 11.8 Å². The van der Waals surface area contributed by atoms with Crippen LogP contribution in [0.3, 0.4) is 0 Å². The molecule has 0 saturated heterocycles. The molecular formula is C41H37N2O+. The number of nitrogens with zero attached hydrogens (tertiary/aromatic N) is 2. The maximum absolute atomic E-state index is 6.59. The van der Waals surface area contributed by atoms with Crippen LogP contribution in [0.4, 0.5) is 5.69 Å². The first-order chi connectivity index (χ1) is 21.8. The number of aromatic nitrogens is 1. The van der Waals surface area contributed by atoms with Crippen LogP contribution in [0.25, 0.3) is 33.5 Å². The molecule has 1 aromatic heterocycles. The van der Waals surface area contributed by atoms with E-state index in [0.717, 1.165) is 36.4 Å². The normalized spacial score (nSPS) is 16.4. The Morgan fingerprint density at radius 1 is 0.773 bits per heavy atom. The van der Waals surface area contributed by atoms with Crippen molar-refractivity contribution in [3.05, 3.63) is 156 Å². The van der Waals surface area contributed by atoms with Crippen molar-refractivity contribution in [3.63, 3.8) is 0 Å². The van der Waals surface area contributed by atoms with Gasteiger partial charge in [0.25, 0.3) is 5.52 Å². The summed E-state index contributed by atoms with van der Waals surface area (Å²) in [5, 5.41) is 2.68. The van der Waals surface area contributed by atoms with E-state index in [2.05, 4.69) is 143 Å². The minimum atomic E-state index is 0.535. The number of anilines is 1. The molecule has 1 aliphatic heterocycles. The highest BCUT2D eigenvalue weighted by atomic mass is 16.3. The summed E-state index contributed by atoms with van der Waals surface area (Å²) in [5.74, 6) is 0.881. The van der Waals surface area contributed by atoms with Gasteiger partial charge in [-0.25, -0.2) is 0 Å². The molecule has 8 rings (SSSR count). The monoisotopic (exact) mass is 573 g/mol. The molecule has 44 heavy (non-hydrogen) atoms. The van der Waals surface area contributed by atoms with Gasteiger partial charge in [0.1, 0.15) is 0 Å². The molecule has 216 valence electrons. The van der Waals surface area contributed by atoms with Crippen LogP contribution in [0.2, 0.25) is 0 Å². The molecule has 0 N–H and O–H groups in total. The van der Waals surface area contributed by atoms with Crippen molar-refractivity contribution >= 4 is 39.2 Å². The van der Waals surface area contributed by atoms with E-state index >= 15 is 0 Å². The topological polar surface area (TPSA) is 20.3 Å². The second kappa shape index (κ2) is 11.7. The molecule has 3 heteroatoms. The van der Waals surface area contributed by atoms with Gasteiger partial charge < -0.3 is 9.32 Å². The van der Waals surface area contributed by atoms with Crippen LogP contribution in [0.15, 0.2) is 138 Å². The van der Waals surface area contributed by atoms with E-state index in [0.29, 0.717) is 6.04 Å². The Hall–Kier alpha value is -4.89. The summed E-state index contributed by atoms with van der Waals surface area (Å²) in [6.07, 6.45) is 11.7. The second-order valence-corrected chi connectivity index (χ2v) is 12.2. The molecule has 1 aliphatic carbocycles. The van der Waals surface area contributed by atoms with E-state index < -0.39 is 0 Å². The van der Waals surface area contributed by atoms with Crippen LogP contribution >= 0.6 is 0 Å². The zero-order valence-electron chi connectivity index (χ0n) is 25.0. The maximum atomic E-state index is 6.59. The third-order valence-electron chi connectivity index (χ3n) is 9.41. The van der Waals surface area contributed by atoms with E-state index in [9.17, 15) is 0 Å². The lowest BCUT2D eigenvalue weighted by atomic mass is 10.0. The van der Waals surface area contributed by atoms with E-state index in [-0.39, 0.29) is 0 Å². The van der Waals surface area contributed by atoms with Crippen molar-refractivity contribution in [1.82, 2.24) is 0 Å². The molecule has 2 aliphatic rings. The van der Waals surface area contributed by atoms with Gasteiger partial charge in [-0.05, 0) is 52.6 Å². The molecule has 2 heterocycles. The van der Waals surface area contributed by atoms with E-state index in [1.165, 1.54) is 70.1 Å². The van der Waals surface area contributed by atoms with Crippen molar-refractivity contribution < 1.29 is 8.98 Å². The molecule has 1 saturated carbocycles. The van der Waals surface area contributed by atoms with E-state index in [4.69, 9.17) is 4.42 Å². The molecule has 6 aromatic rings. The SMILES string of the molecule is C(=C(C=C1Cc2ccc3ccccc3c2N1C1CCCC1)c1ccccc1)c1oc2ccccc2[n+]1CCc1ccccc1. The van der Waals surface area contributed by atoms with Crippen molar-refractivity contribution in [2.75, 3.05) is 4.90 Å². The molecule has 5 aromatic carbocycles. The summed E-state index contributed by atoms with van der Waals surface area (Å²) < 4.78 is 8.94. The first kappa shape index (κ1) is 26.7. The molecule has 0 amide bonds. The fourth-order valence-electron chi connectivity index (χ4n) is 7.28. The van der Waals surface area contributed by atoms with Gasteiger partial charge in [-0.3, -0.25) is 0 Å². The maximum Gasteiger partial charge on any atom is 0.374 e. The lowest BCUT2D eigenvalue weighted by molar-refractivity contribution is -0.677. The molecule has 1 fully saturated rings. The van der Waals surface area contributed by atoms with Gasteiger partial charge in [-0.15, -0.1) is 0 Å². The number of aryl methyl sites for hydroxylation is 2. The molecule has 0 spiro atoms. The number of hydrogen-bond acceptors (Lipinski definition) is 2. The number of allylic oxidation sites excluding steroid dienone is 3. The molecule has 0 unspecified atom stereocenters. The lowest BCUT2D eigenvalue weighted by Crippen LogP contribution is -2.36. The summed E-state index contributed by atoms with van der Waals surface area (Å²) in [6, 6.07) is 44.0. The first-order valence-electron chi connectivity index (χ1n) is 16.0. The number of benzene rings is 5. The summed E-state index contributed by atoms with van der Waals surface area (Å²) in [4.78, 5) is 2.70. The number of oxazole rings is 1. The highest BCUT2D eigenvalue weighted by molar-refractivity contribution is 5.99. The Bertz CT molecular complexity index is 2000. The Kier molecular flexibility index (Phi) is 7.08. The van der Waals surface area contributed by atoms with Crippen LogP contribution in [-0.4, -0.2) is 6.04 Å². The van der Waals surface area contributed by atoms with Gasteiger partial charge in [0.2, 0.25) is 5.58 Å². The zero-order chi connectivity index (χ0) is 29.3. The Labute approximate surface area is 259 Å². The number of rotatable bonds is 7. The quantitative estimate of drug-likeness (QED) is 0.177. The van der Waals surface area contributed by atoms with Crippen LogP contribution in [0.5, 0.6) is 0 Å². The molecule has 0 radical (unpaired) electrons.